The summed E-state index contributed by atoms with van der Waals surface area (Å²) < 4.78 is 1.50. The zero-order valence-corrected chi connectivity index (χ0v) is 12.0. The molecule has 7 nitrogen and oxygen atoms in total. The molecule has 0 aliphatic heterocycles. The van der Waals surface area contributed by atoms with Gasteiger partial charge in [0.05, 0.1) is 22.9 Å². The number of halogens is 1. The summed E-state index contributed by atoms with van der Waals surface area (Å²) in [4.78, 5) is 11.9. The lowest BCUT2D eigenvalue weighted by atomic mass is 10.2. The molecule has 21 heavy (non-hydrogen) atoms. The van der Waals surface area contributed by atoms with Crippen molar-refractivity contribution in [3.8, 4) is 5.69 Å². The molecule has 8 heteroatoms. The van der Waals surface area contributed by atoms with E-state index in [2.05, 4.69) is 26.2 Å². The highest BCUT2D eigenvalue weighted by atomic mass is 35.5. The molecule has 0 atom stereocenters. The Morgan fingerprint density at radius 2 is 2.29 bits per heavy atom. The van der Waals surface area contributed by atoms with Crippen molar-refractivity contribution in [2.45, 2.75) is 12.8 Å². The van der Waals surface area contributed by atoms with Crippen molar-refractivity contribution < 1.29 is 4.79 Å². The number of hydrogen-bond donors (Lipinski definition) is 2. The first-order valence-electron chi connectivity index (χ1n) is 6.76. The summed E-state index contributed by atoms with van der Waals surface area (Å²) in [7, 11) is 0. The summed E-state index contributed by atoms with van der Waals surface area (Å²) in [6, 6.07) is 5.21. The fraction of sp³-hybridized carbons (Fsp3) is 0.385. The molecule has 2 N–H and O–H groups in total. The third-order valence-corrected chi connectivity index (χ3v) is 3.58. The molecule has 1 aromatic heterocycles. The predicted molar refractivity (Wildman–Crippen MR) is 78.4 cm³/mol. The largest absolute Gasteiger partial charge is 0.324 e. The monoisotopic (exact) mass is 306 g/mol. The molecule has 1 fully saturated rings. The number of nitrogens with one attached hydrogen (secondary N) is 2. The van der Waals surface area contributed by atoms with Crippen LogP contribution in [0.5, 0.6) is 0 Å². The molecule has 0 saturated heterocycles. The molecule has 0 spiro atoms. The fourth-order valence-corrected chi connectivity index (χ4v) is 2.10. The molecule has 1 amide bonds. The van der Waals surface area contributed by atoms with Crippen molar-refractivity contribution in [2.75, 3.05) is 18.4 Å². The number of aromatic nitrogens is 4. The minimum atomic E-state index is -0.119. The van der Waals surface area contributed by atoms with E-state index in [4.69, 9.17) is 11.6 Å². The maximum Gasteiger partial charge on any atom is 0.238 e. The van der Waals surface area contributed by atoms with Gasteiger partial charge in [0.25, 0.3) is 0 Å². The van der Waals surface area contributed by atoms with Crippen LogP contribution in [0.3, 0.4) is 0 Å². The number of hydrogen-bond acceptors (Lipinski definition) is 5. The standard InChI is InChI=1S/C13H15ClN6O/c14-11-4-3-10(20-8-16-18-19-20)5-12(11)17-13(21)7-15-6-9-1-2-9/h3-5,8-9,15H,1-2,6-7H2,(H,17,21). The van der Waals surface area contributed by atoms with Gasteiger partial charge in [-0.05, 0) is 53.9 Å². The van der Waals surface area contributed by atoms with Gasteiger partial charge in [-0.1, -0.05) is 11.6 Å². The number of rotatable bonds is 6. The molecule has 1 aliphatic rings. The number of tetrazole rings is 1. The SMILES string of the molecule is O=C(CNCC1CC1)Nc1cc(-n2cnnn2)ccc1Cl. The number of anilines is 1. The summed E-state index contributed by atoms with van der Waals surface area (Å²) in [5.74, 6) is 0.621. The molecule has 2 aromatic rings. The Bertz CT molecular complexity index is 626. The fourth-order valence-electron chi connectivity index (χ4n) is 1.94. The van der Waals surface area contributed by atoms with Crippen molar-refractivity contribution in [3.63, 3.8) is 0 Å². The Morgan fingerprint density at radius 3 is 3.00 bits per heavy atom. The Hall–Kier alpha value is -1.99. The van der Waals surface area contributed by atoms with Crippen molar-refractivity contribution >= 4 is 23.2 Å². The van der Waals surface area contributed by atoms with Gasteiger partial charge in [-0.2, -0.15) is 0 Å². The van der Waals surface area contributed by atoms with Gasteiger partial charge in [0, 0.05) is 0 Å². The van der Waals surface area contributed by atoms with Gasteiger partial charge in [0.1, 0.15) is 6.33 Å². The van der Waals surface area contributed by atoms with Gasteiger partial charge in [0.2, 0.25) is 5.91 Å². The maximum atomic E-state index is 11.9. The Morgan fingerprint density at radius 1 is 1.43 bits per heavy atom. The highest BCUT2D eigenvalue weighted by molar-refractivity contribution is 6.33. The highest BCUT2D eigenvalue weighted by Crippen LogP contribution is 2.27. The minimum Gasteiger partial charge on any atom is -0.324 e. The quantitative estimate of drug-likeness (QED) is 0.839. The summed E-state index contributed by atoms with van der Waals surface area (Å²) in [6.45, 7) is 1.17. The van der Waals surface area contributed by atoms with E-state index in [0.717, 1.165) is 18.2 Å². The van der Waals surface area contributed by atoms with Crippen LogP contribution in [0, 0.1) is 5.92 Å². The van der Waals surface area contributed by atoms with E-state index in [9.17, 15) is 4.79 Å². The molecule has 3 rings (SSSR count). The van der Waals surface area contributed by atoms with Crippen LogP contribution in [0.1, 0.15) is 12.8 Å². The van der Waals surface area contributed by atoms with Gasteiger partial charge < -0.3 is 10.6 Å². The van der Waals surface area contributed by atoms with Crippen LogP contribution >= 0.6 is 11.6 Å². The Balaban J connectivity index is 1.63. The normalized spacial score (nSPS) is 14.1. The van der Waals surface area contributed by atoms with Gasteiger partial charge in [0.15, 0.2) is 0 Å². The van der Waals surface area contributed by atoms with Gasteiger partial charge in [-0.25, -0.2) is 4.68 Å². The second kappa shape index (κ2) is 6.19. The molecule has 1 aromatic carbocycles. The van der Waals surface area contributed by atoms with E-state index in [-0.39, 0.29) is 12.5 Å². The number of carbonyl (C=O) groups excluding carboxylic acids is 1. The number of carbonyl (C=O) groups is 1. The van der Waals surface area contributed by atoms with E-state index in [1.54, 1.807) is 18.2 Å². The molecule has 0 radical (unpaired) electrons. The molecule has 1 aliphatic carbocycles. The predicted octanol–water partition coefficient (Wildman–Crippen LogP) is 1.25. The Kier molecular flexibility index (Phi) is 4.12. The van der Waals surface area contributed by atoms with Crippen LogP contribution in [-0.4, -0.2) is 39.2 Å². The third-order valence-electron chi connectivity index (χ3n) is 3.25. The van der Waals surface area contributed by atoms with Gasteiger partial charge in [-0.15, -0.1) is 5.10 Å². The first kappa shape index (κ1) is 14.0. The van der Waals surface area contributed by atoms with E-state index >= 15 is 0 Å². The first-order valence-corrected chi connectivity index (χ1v) is 7.13. The van der Waals surface area contributed by atoms with E-state index in [1.165, 1.54) is 23.9 Å². The lowest BCUT2D eigenvalue weighted by Crippen LogP contribution is -2.29. The average Bonchev–Trinajstić information content (AvgIpc) is 3.13. The lowest BCUT2D eigenvalue weighted by Gasteiger charge is -2.09. The summed E-state index contributed by atoms with van der Waals surface area (Å²) in [5, 5.41) is 17.4. The third kappa shape index (κ3) is 3.77. The number of amides is 1. The van der Waals surface area contributed by atoms with E-state index in [1.807, 2.05) is 0 Å². The average molecular weight is 307 g/mol. The molecular weight excluding hydrogens is 292 g/mol. The zero-order chi connectivity index (χ0) is 14.7. The summed E-state index contributed by atoms with van der Waals surface area (Å²) >= 11 is 6.10. The first-order chi connectivity index (χ1) is 10.2. The second-order valence-electron chi connectivity index (χ2n) is 5.04. The van der Waals surface area contributed by atoms with Crippen molar-refractivity contribution in [1.29, 1.82) is 0 Å². The van der Waals surface area contributed by atoms with Crippen LogP contribution in [-0.2, 0) is 4.79 Å². The maximum absolute atomic E-state index is 11.9. The molecule has 110 valence electrons. The van der Waals surface area contributed by atoms with Crippen LogP contribution in [0.15, 0.2) is 24.5 Å². The van der Waals surface area contributed by atoms with E-state index < -0.39 is 0 Å². The smallest absolute Gasteiger partial charge is 0.238 e. The van der Waals surface area contributed by atoms with Crippen LogP contribution in [0.25, 0.3) is 5.69 Å². The lowest BCUT2D eigenvalue weighted by molar-refractivity contribution is -0.115. The topological polar surface area (TPSA) is 84.7 Å². The van der Waals surface area contributed by atoms with Crippen LogP contribution in [0.4, 0.5) is 5.69 Å². The van der Waals surface area contributed by atoms with Crippen molar-refractivity contribution in [3.05, 3.63) is 29.5 Å². The number of benzene rings is 1. The minimum absolute atomic E-state index is 0.119. The molecule has 1 saturated carbocycles. The molecule has 1 heterocycles. The number of nitrogens with zero attached hydrogens (tertiary/aromatic N) is 4. The Labute approximate surface area is 126 Å². The molecular formula is C13H15ClN6O. The summed E-state index contributed by atoms with van der Waals surface area (Å²) in [5.41, 5.74) is 1.27. The summed E-state index contributed by atoms with van der Waals surface area (Å²) in [6.07, 6.45) is 3.99. The second-order valence-corrected chi connectivity index (χ2v) is 5.45. The molecule has 0 bridgehead atoms. The van der Waals surface area contributed by atoms with E-state index in [0.29, 0.717) is 10.7 Å². The molecule has 0 unspecified atom stereocenters. The van der Waals surface area contributed by atoms with Crippen molar-refractivity contribution in [2.24, 2.45) is 5.92 Å². The van der Waals surface area contributed by atoms with Crippen LogP contribution < -0.4 is 10.6 Å². The highest BCUT2D eigenvalue weighted by Gasteiger charge is 2.20. The van der Waals surface area contributed by atoms with Crippen LogP contribution in [0.2, 0.25) is 5.02 Å². The van der Waals surface area contributed by atoms with Gasteiger partial charge in [-0.3, -0.25) is 4.79 Å². The van der Waals surface area contributed by atoms with Crippen molar-refractivity contribution in [1.82, 2.24) is 25.5 Å². The zero-order valence-electron chi connectivity index (χ0n) is 11.3. The van der Waals surface area contributed by atoms with Gasteiger partial charge >= 0.3 is 0 Å².